The van der Waals surface area contributed by atoms with Crippen LogP contribution < -0.4 is 64.2 Å². The minimum absolute atomic E-state index is 0. The summed E-state index contributed by atoms with van der Waals surface area (Å²) < 4.78 is 40.3. The van der Waals surface area contributed by atoms with Gasteiger partial charge in [0, 0.05) is 5.97 Å². The van der Waals surface area contributed by atoms with Crippen LogP contribution in [0.4, 0.5) is 0 Å². The van der Waals surface area contributed by atoms with E-state index >= 15 is 0 Å². The van der Waals surface area contributed by atoms with Gasteiger partial charge in [-0.1, -0.05) is 20.8 Å². The Morgan fingerprint density at radius 3 is 2.29 bits per heavy atom. The fraction of sp³-hybridized carbons (Fsp3) is 0.958. The maximum absolute atomic E-state index is 11.7. The van der Waals surface area contributed by atoms with Crippen molar-refractivity contribution < 1.29 is 91.3 Å². The average molecular weight is 517 g/mol. The number of carbonyl (C=O) groups is 1. The largest absolute Gasteiger partial charge is 1.00 e. The molecular weight excluding hydrogens is 478 g/mol. The van der Waals surface area contributed by atoms with Crippen molar-refractivity contribution in [1.29, 1.82) is 0 Å². The van der Waals surface area contributed by atoms with Crippen LogP contribution >= 0.6 is 0 Å². The molecule has 0 aromatic rings. The summed E-state index contributed by atoms with van der Waals surface area (Å²) >= 11 is 0. The van der Waals surface area contributed by atoms with Crippen molar-refractivity contribution in [2.45, 2.75) is 97.2 Å². The van der Waals surface area contributed by atoms with Gasteiger partial charge in [0.2, 0.25) is 10.4 Å². The molecule has 0 radical (unpaired) electrons. The monoisotopic (exact) mass is 516 g/mol. The van der Waals surface area contributed by atoms with Crippen LogP contribution in [-0.2, 0) is 19.4 Å². The first-order valence-corrected chi connectivity index (χ1v) is 13.7. The molecule has 34 heavy (non-hydrogen) atoms. The van der Waals surface area contributed by atoms with Gasteiger partial charge < -0.3 is 19.6 Å². The van der Waals surface area contributed by atoms with Gasteiger partial charge in [0.05, 0.1) is 12.2 Å². The number of hydrogen-bond acceptors (Lipinski definition) is 7. The maximum Gasteiger partial charge on any atom is 1.00 e. The quantitative estimate of drug-likeness (QED) is 0.222. The summed E-state index contributed by atoms with van der Waals surface area (Å²) in [6.07, 6.45) is 6.44. The molecule has 0 heterocycles. The number of aliphatic carboxylic acids is 1. The number of rotatable bonds is 6. The summed E-state index contributed by atoms with van der Waals surface area (Å²) in [5.74, 6) is 0.300. The van der Waals surface area contributed by atoms with E-state index in [0.29, 0.717) is 25.2 Å². The molecule has 4 rings (SSSR count). The molecule has 0 aliphatic heterocycles. The second-order valence-corrected chi connectivity index (χ2v) is 12.8. The molecule has 0 bridgehead atoms. The molecule has 4 fully saturated rings. The molecule has 10 heteroatoms. The Morgan fingerprint density at radius 2 is 1.68 bits per heavy atom. The van der Waals surface area contributed by atoms with Gasteiger partial charge in [-0.3, -0.25) is 4.18 Å². The van der Waals surface area contributed by atoms with E-state index in [1.54, 1.807) is 0 Å². The summed E-state index contributed by atoms with van der Waals surface area (Å²) in [5, 5.41) is 21.3. The van der Waals surface area contributed by atoms with Crippen molar-refractivity contribution in [1.82, 2.24) is 0 Å². The smallest absolute Gasteiger partial charge is 0.726 e. The first-order valence-electron chi connectivity index (χ1n) is 12.4. The zero-order valence-corrected chi connectivity index (χ0v) is 26.3. The SMILES string of the molecule is C[C@H](CCC(=O)[O-])[C@H]1CC[C@H]2[C@@H]3[C@H](OS(=O)(=O)[O-])C[C@@H]4C[C@H](O)CC[C@]4(C)[C@H]3CC[C@]12C.[Na+].[Na+]. The number of carboxylic acid groups (broad SMARTS) is 1. The van der Waals surface area contributed by atoms with E-state index in [1.807, 2.05) is 0 Å². The zero-order valence-electron chi connectivity index (χ0n) is 21.5. The fourth-order valence-electron chi connectivity index (χ4n) is 8.95. The predicted molar refractivity (Wildman–Crippen MR) is 115 cm³/mol. The van der Waals surface area contributed by atoms with Crippen LogP contribution in [0.3, 0.4) is 0 Å². The molecule has 0 saturated heterocycles. The predicted octanol–water partition coefficient (Wildman–Crippen LogP) is -3.36. The maximum atomic E-state index is 11.7. The third kappa shape index (κ3) is 5.97. The molecule has 0 unspecified atom stereocenters. The van der Waals surface area contributed by atoms with Crippen LogP contribution in [0.5, 0.6) is 0 Å². The van der Waals surface area contributed by atoms with Crippen LogP contribution in [0.2, 0.25) is 0 Å². The second-order valence-electron chi connectivity index (χ2n) is 11.8. The zero-order chi connectivity index (χ0) is 23.5. The second kappa shape index (κ2) is 11.6. The first kappa shape index (κ1) is 31.5. The summed E-state index contributed by atoms with van der Waals surface area (Å²) in [5.41, 5.74) is 0.00849. The fourth-order valence-corrected chi connectivity index (χ4v) is 9.46. The molecule has 4 saturated carbocycles. The van der Waals surface area contributed by atoms with E-state index in [2.05, 4.69) is 20.8 Å². The molecule has 4 aliphatic rings. The number of fused-ring (bicyclic) bond motifs is 5. The number of carbonyl (C=O) groups excluding carboxylic acids is 1. The summed E-state index contributed by atoms with van der Waals surface area (Å²) in [4.78, 5) is 11.0. The molecule has 0 spiro atoms. The first-order chi connectivity index (χ1) is 14.8. The molecule has 184 valence electrons. The Morgan fingerprint density at radius 1 is 1.06 bits per heavy atom. The van der Waals surface area contributed by atoms with Gasteiger partial charge in [-0.2, -0.15) is 0 Å². The molecule has 7 nitrogen and oxygen atoms in total. The third-order valence-corrected chi connectivity index (χ3v) is 10.9. The van der Waals surface area contributed by atoms with E-state index in [4.69, 9.17) is 4.18 Å². The number of carboxylic acids is 1. The minimum atomic E-state index is -4.83. The molecule has 0 amide bonds. The van der Waals surface area contributed by atoms with Crippen molar-refractivity contribution in [2.75, 3.05) is 0 Å². The molecule has 0 aromatic carbocycles. The summed E-state index contributed by atoms with van der Waals surface area (Å²) in [6, 6.07) is 0. The Balaban J connectivity index is 0.00000204. The van der Waals surface area contributed by atoms with Gasteiger partial charge in [-0.15, -0.1) is 0 Å². The Hall–Kier alpha value is 1.30. The number of aliphatic hydroxyl groups is 1. The van der Waals surface area contributed by atoms with Gasteiger partial charge in [0.15, 0.2) is 0 Å². The molecule has 4 aliphatic carbocycles. The topological polar surface area (TPSA) is 127 Å². The van der Waals surface area contributed by atoms with Crippen molar-refractivity contribution in [3.05, 3.63) is 0 Å². The van der Waals surface area contributed by atoms with Crippen LogP contribution in [-0.4, -0.2) is 36.3 Å². The van der Waals surface area contributed by atoms with Crippen LogP contribution in [0.1, 0.15) is 85.0 Å². The van der Waals surface area contributed by atoms with Crippen LogP contribution in [0.15, 0.2) is 0 Å². The van der Waals surface area contributed by atoms with Gasteiger partial charge in [0.25, 0.3) is 0 Å². The minimum Gasteiger partial charge on any atom is -0.726 e. The van der Waals surface area contributed by atoms with E-state index in [1.165, 1.54) is 0 Å². The van der Waals surface area contributed by atoms with Gasteiger partial charge in [0.1, 0.15) is 0 Å². The molecule has 1 N–H and O–H groups in total. The van der Waals surface area contributed by atoms with E-state index in [-0.39, 0.29) is 112 Å². The summed E-state index contributed by atoms with van der Waals surface area (Å²) in [6.45, 7) is 6.73. The van der Waals surface area contributed by atoms with Crippen molar-refractivity contribution in [3.8, 4) is 0 Å². The average Bonchev–Trinajstić information content (AvgIpc) is 3.03. The van der Waals surface area contributed by atoms with Gasteiger partial charge in [-0.05, 0) is 111 Å². The summed E-state index contributed by atoms with van der Waals surface area (Å²) in [7, 11) is -4.83. The Bertz CT molecular complexity index is 839. The van der Waals surface area contributed by atoms with E-state index < -0.39 is 22.5 Å². The van der Waals surface area contributed by atoms with Crippen molar-refractivity contribution in [3.63, 3.8) is 0 Å². The van der Waals surface area contributed by atoms with Crippen LogP contribution in [0.25, 0.3) is 0 Å². The number of hydrogen-bond donors (Lipinski definition) is 1. The Labute approximate surface area is 249 Å². The van der Waals surface area contributed by atoms with Gasteiger partial charge >= 0.3 is 59.1 Å². The Kier molecular flexibility index (Phi) is 10.7. The van der Waals surface area contributed by atoms with E-state index in [0.717, 1.165) is 38.5 Å². The van der Waals surface area contributed by atoms with Gasteiger partial charge in [-0.25, -0.2) is 8.42 Å². The standard InChI is InChI=1S/C24H40O7S.2Na/c1-14(4-7-21(26)27)17-5-6-18-22-19(9-11-24(17,18)3)23(2)10-8-16(25)12-15(23)13-20(22)31-32(28,29)30;;/h14-20,22,25H,4-13H2,1-3H3,(H,26,27)(H,28,29,30);;/q;2*+1/p-2/t14-,15+,16-,17-,18+,19+,20-,22+,23+,24-;;/m1../s1. The van der Waals surface area contributed by atoms with E-state index in [9.17, 15) is 28.0 Å². The molecular formula is C24H38Na2O7S. The molecule has 0 aromatic heterocycles. The number of aliphatic hydroxyl groups excluding tert-OH is 1. The third-order valence-electron chi connectivity index (χ3n) is 10.4. The van der Waals surface area contributed by atoms with Crippen molar-refractivity contribution >= 4 is 16.4 Å². The normalized spacial score (nSPS) is 44.4. The van der Waals surface area contributed by atoms with Crippen LogP contribution in [0, 0.1) is 46.3 Å². The van der Waals surface area contributed by atoms with Crippen molar-refractivity contribution in [2.24, 2.45) is 46.3 Å². The molecule has 10 atom stereocenters.